The van der Waals surface area contributed by atoms with Gasteiger partial charge in [0.25, 0.3) is 0 Å². The van der Waals surface area contributed by atoms with E-state index in [1.54, 1.807) is 0 Å². The predicted molar refractivity (Wildman–Crippen MR) is 67.7 cm³/mol. The van der Waals surface area contributed by atoms with Crippen molar-refractivity contribution in [2.45, 2.75) is 32.9 Å². The minimum absolute atomic E-state index is 0.0307. The summed E-state index contributed by atoms with van der Waals surface area (Å²) in [5.74, 6) is -0.778. The second kappa shape index (κ2) is 6.63. The van der Waals surface area contributed by atoms with Crippen molar-refractivity contribution in [3.63, 3.8) is 0 Å². The van der Waals surface area contributed by atoms with E-state index < -0.39 is 17.7 Å². The van der Waals surface area contributed by atoms with Gasteiger partial charge < -0.3 is 9.84 Å². The second-order valence-electron chi connectivity index (χ2n) is 4.92. The van der Waals surface area contributed by atoms with Gasteiger partial charge in [-0.15, -0.1) is 0 Å². The third-order valence-corrected chi connectivity index (χ3v) is 2.58. The van der Waals surface area contributed by atoms with Crippen molar-refractivity contribution in [1.82, 2.24) is 0 Å². The molecule has 0 radical (unpaired) electrons. The van der Waals surface area contributed by atoms with E-state index in [9.17, 15) is 18.0 Å². The third kappa shape index (κ3) is 5.11. The van der Waals surface area contributed by atoms with E-state index in [-0.39, 0.29) is 30.1 Å². The Labute approximate surface area is 115 Å². The Morgan fingerprint density at radius 3 is 2.50 bits per heavy atom. The summed E-state index contributed by atoms with van der Waals surface area (Å²) in [6.45, 7) is 4.11. The molecule has 0 amide bonds. The zero-order chi connectivity index (χ0) is 15.3. The monoisotopic (exact) mass is 290 g/mol. The molecule has 6 heteroatoms. The SMILES string of the molecule is CC(C)COc1ccc(CCC(=O)O)c(C(F)(F)F)c1. The Hall–Kier alpha value is -1.72. The Kier molecular flexibility index (Phi) is 5.42. The number of carboxylic acids is 1. The number of benzene rings is 1. The van der Waals surface area contributed by atoms with Crippen LogP contribution in [0.25, 0.3) is 0 Å². The number of carboxylic acid groups (broad SMARTS) is 1. The number of aryl methyl sites for hydroxylation is 1. The van der Waals surface area contributed by atoms with Crippen molar-refractivity contribution in [2.24, 2.45) is 5.92 Å². The van der Waals surface area contributed by atoms with Gasteiger partial charge in [0.15, 0.2) is 0 Å². The molecule has 0 aliphatic heterocycles. The summed E-state index contributed by atoms with van der Waals surface area (Å²) in [7, 11) is 0. The van der Waals surface area contributed by atoms with Gasteiger partial charge in [0.1, 0.15) is 5.75 Å². The van der Waals surface area contributed by atoms with Gasteiger partial charge in [-0.25, -0.2) is 0 Å². The highest BCUT2D eigenvalue weighted by Gasteiger charge is 2.33. The lowest BCUT2D eigenvalue weighted by molar-refractivity contribution is -0.140. The fourth-order valence-electron chi connectivity index (χ4n) is 1.63. The predicted octanol–water partition coefficient (Wildman–Crippen LogP) is 3.76. The van der Waals surface area contributed by atoms with Gasteiger partial charge in [-0.1, -0.05) is 19.9 Å². The van der Waals surface area contributed by atoms with E-state index in [4.69, 9.17) is 9.84 Å². The molecule has 3 nitrogen and oxygen atoms in total. The van der Waals surface area contributed by atoms with Gasteiger partial charge in [-0.05, 0) is 30.0 Å². The van der Waals surface area contributed by atoms with Crippen LogP contribution in [-0.2, 0) is 17.4 Å². The fourth-order valence-corrected chi connectivity index (χ4v) is 1.63. The van der Waals surface area contributed by atoms with Crippen molar-refractivity contribution >= 4 is 5.97 Å². The van der Waals surface area contributed by atoms with Crippen molar-refractivity contribution in [2.75, 3.05) is 6.61 Å². The smallest absolute Gasteiger partial charge is 0.416 e. The first-order chi connectivity index (χ1) is 9.20. The van der Waals surface area contributed by atoms with Crippen LogP contribution in [0.1, 0.15) is 31.4 Å². The number of rotatable bonds is 6. The molecule has 0 saturated heterocycles. The van der Waals surface area contributed by atoms with Gasteiger partial charge in [-0.3, -0.25) is 4.79 Å². The summed E-state index contributed by atoms with van der Waals surface area (Å²) in [4.78, 5) is 10.5. The van der Waals surface area contributed by atoms with Crippen LogP contribution in [0.5, 0.6) is 5.75 Å². The lowest BCUT2D eigenvalue weighted by Crippen LogP contribution is -2.12. The van der Waals surface area contributed by atoms with Crippen molar-refractivity contribution in [1.29, 1.82) is 0 Å². The van der Waals surface area contributed by atoms with Crippen molar-refractivity contribution < 1.29 is 27.8 Å². The third-order valence-electron chi connectivity index (χ3n) is 2.58. The van der Waals surface area contributed by atoms with Crippen LogP contribution in [-0.4, -0.2) is 17.7 Å². The number of hydrogen-bond acceptors (Lipinski definition) is 2. The first-order valence-corrected chi connectivity index (χ1v) is 6.25. The first-order valence-electron chi connectivity index (χ1n) is 6.25. The fraction of sp³-hybridized carbons (Fsp3) is 0.500. The average molecular weight is 290 g/mol. The summed E-state index contributed by atoms with van der Waals surface area (Å²) in [5.41, 5.74) is -0.864. The minimum Gasteiger partial charge on any atom is -0.493 e. The van der Waals surface area contributed by atoms with Gasteiger partial charge >= 0.3 is 12.1 Å². The van der Waals surface area contributed by atoms with Gasteiger partial charge in [0.05, 0.1) is 12.2 Å². The van der Waals surface area contributed by atoms with E-state index in [2.05, 4.69) is 0 Å². The summed E-state index contributed by atoms with van der Waals surface area (Å²) >= 11 is 0. The number of halogens is 3. The van der Waals surface area contributed by atoms with E-state index in [1.165, 1.54) is 12.1 Å². The second-order valence-corrected chi connectivity index (χ2v) is 4.92. The normalized spacial score (nSPS) is 11.7. The molecule has 0 aliphatic rings. The Bertz CT molecular complexity index is 467. The highest BCUT2D eigenvalue weighted by atomic mass is 19.4. The number of aliphatic carboxylic acids is 1. The molecule has 0 saturated carbocycles. The molecule has 1 N–H and O–H groups in total. The van der Waals surface area contributed by atoms with Crippen LogP contribution in [0.15, 0.2) is 18.2 Å². The van der Waals surface area contributed by atoms with Crippen LogP contribution in [0.2, 0.25) is 0 Å². The summed E-state index contributed by atoms with van der Waals surface area (Å²) in [6.07, 6.45) is -5.02. The molecule has 0 atom stereocenters. The molecular weight excluding hydrogens is 273 g/mol. The molecule has 0 unspecified atom stereocenters. The zero-order valence-corrected chi connectivity index (χ0v) is 11.3. The largest absolute Gasteiger partial charge is 0.493 e. The van der Waals surface area contributed by atoms with Crippen LogP contribution < -0.4 is 4.74 Å². The highest BCUT2D eigenvalue weighted by molar-refractivity contribution is 5.67. The number of carbonyl (C=O) groups is 1. The molecule has 0 fully saturated rings. The summed E-state index contributed by atoms with van der Waals surface area (Å²) < 4.78 is 44.1. The quantitative estimate of drug-likeness (QED) is 0.867. The van der Waals surface area contributed by atoms with Crippen LogP contribution in [0, 0.1) is 5.92 Å². The molecular formula is C14H17F3O3. The van der Waals surface area contributed by atoms with E-state index in [0.717, 1.165) is 6.07 Å². The molecule has 20 heavy (non-hydrogen) atoms. The van der Waals surface area contributed by atoms with Crippen molar-refractivity contribution in [3.8, 4) is 5.75 Å². The lowest BCUT2D eigenvalue weighted by atomic mass is 10.0. The summed E-state index contributed by atoms with van der Waals surface area (Å²) in [5, 5.41) is 8.56. The molecule has 112 valence electrons. The maximum absolute atomic E-state index is 12.9. The standard InChI is InChI=1S/C14H17F3O3/c1-9(2)8-20-11-5-3-10(4-6-13(18)19)12(7-11)14(15,16)17/h3,5,7,9H,4,6,8H2,1-2H3,(H,18,19). The van der Waals surface area contributed by atoms with E-state index in [1.807, 2.05) is 13.8 Å². The molecule has 0 aromatic heterocycles. The molecule has 0 bridgehead atoms. The van der Waals surface area contributed by atoms with Gasteiger partial charge in [-0.2, -0.15) is 13.2 Å². The van der Waals surface area contributed by atoms with Gasteiger partial charge in [0, 0.05) is 6.42 Å². The topological polar surface area (TPSA) is 46.5 Å². The maximum Gasteiger partial charge on any atom is 0.416 e. The molecule has 0 heterocycles. The summed E-state index contributed by atoms with van der Waals surface area (Å²) in [6, 6.07) is 3.65. The van der Waals surface area contributed by atoms with Gasteiger partial charge in [0.2, 0.25) is 0 Å². The molecule has 0 aliphatic carbocycles. The van der Waals surface area contributed by atoms with Crippen LogP contribution in [0.4, 0.5) is 13.2 Å². The van der Waals surface area contributed by atoms with E-state index in [0.29, 0.717) is 6.61 Å². The molecule has 1 aromatic carbocycles. The van der Waals surface area contributed by atoms with Crippen LogP contribution >= 0.6 is 0 Å². The first kappa shape index (κ1) is 16.3. The Balaban J connectivity index is 2.98. The molecule has 1 rings (SSSR count). The minimum atomic E-state index is -4.52. The van der Waals surface area contributed by atoms with Crippen molar-refractivity contribution in [3.05, 3.63) is 29.3 Å². The number of alkyl halides is 3. The molecule has 0 spiro atoms. The zero-order valence-electron chi connectivity index (χ0n) is 11.3. The molecule has 1 aromatic rings. The number of ether oxygens (including phenoxy) is 1. The van der Waals surface area contributed by atoms with E-state index >= 15 is 0 Å². The Morgan fingerprint density at radius 1 is 1.35 bits per heavy atom. The lowest BCUT2D eigenvalue weighted by Gasteiger charge is -2.15. The Morgan fingerprint density at radius 2 is 2.00 bits per heavy atom. The maximum atomic E-state index is 12.9. The number of hydrogen-bond donors (Lipinski definition) is 1. The highest BCUT2D eigenvalue weighted by Crippen LogP contribution is 2.35. The average Bonchev–Trinajstić information content (AvgIpc) is 2.33. The van der Waals surface area contributed by atoms with Crippen LogP contribution in [0.3, 0.4) is 0 Å².